The SMILES string of the molecule is C=C(c1ccc(C#N)s1)N1CCN(C(=O)c2cnn3c(C(F)(F)F)c(C)c(-c4ccc(OC)cc4)nc23)[C@H](C)C1. The van der Waals surface area contributed by atoms with Crippen LogP contribution in [0.2, 0.25) is 0 Å². The number of hydrogen-bond donors (Lipinski definition) is 0. The third-order valence-corrected chi connectivity index (χ3v) is 8.06. The van der Waals surface area contributed by atoms with Crippen LogP contribution in [0.25, 0.3) is 22.6 Å². The second-order valence-corrected chi connectivity index (χ2v) is 10.6. The molecule has 1 aromatic carbocycles. The predicted octanol–water partition coefficient (Wildman–Crippen LogP) is 5.48. The van der Waals surface area contributed by atoms with Crippen molar-refractivity contribution in [1.29, 1.82) is 5.26 Å². The van der Waals surface area contributed by atoms with Gasteiger partial charge >= 0.3 is 6.18 Å². The first-order chi connectivity index (χ1) is 19.0. The van der Waals surface area contributed by atoms with Gasteiger partial charge in [0.25, 0.3) is 5.91 Å². The summed E-state index contributed by atoms with van der Waals surface area (Å²) in [7, 11) is 1.50. The topological polar surface area (TPSA) is 86.8 Å². The molecule has 0 saturated carbocycles. The lowest BCUT2D eigenvalue weighted by atomic mass is 10.0. The zero-order chi connectivity index (χ0) is 28.8. The Morgan fingerprint density at radius 2 is 1.93 bits per heavy atom. The minimum absolute atomic E-state index is 0.00342. The largest absolute Gasteiger partial charge is 0.497 e. The molecule has 0 spiro atoms. The van der Waals surface area contributed by atoms with Crippen molar-refractivity contribution in [3.05, 3.63) is 75.7 Å². The number of fused-ring (bicyclic) bond motifs is 1. The van der Waals surface area contributed by atoms with Crippen LogP contribution in [0.5, 0.6) is 5.75 Å². The van der Waals surface area contributed by atoms with Crippen LogP contribution in [0, 0.1) is 18.3 Å². The number of alkyl halides is 3. The number of rotatable bonds is 5. The van der Waals surface area contributed by atoms with E-state index in [1.54, 1.807) is 35.2 Å². The average Bonchev–Trinajstić information content (AvgIpc) is 3.58. The maximum absolute atomic E-state index is 14.3. The maximum Gasteiger partial charge on any atom is 0.433 e. The van der Waals surface area contributed by atoms with Crippen molar-refractivity contribution in [2.75, 3.05) is 26.7 Å². The molecule has 1 fully saturated rings. The summed E-state index contributed by atoms with van der Waals surface area (Å²) in [5.41, 5.74) is 0.0905. The summed E-state index contributed by atoms with van der Waals surface area (Å²) < 4.78 is 48.7. The van der Waals surface area contributed by atoms with Crippen LogP contribution < -0.4 is 4.74 Å². The molecule has 1 saturated heterocycles. The van der Waals surface area contributed by atoms with E-state index in [0.29, 0.717) is 40.3 Å². The number of carbonyl (C=O) groups excluding carboxylic acids is 1. The lowest BCUT2D eigenvalue weighted by molar-refractivity contribution is -0.143. The quantitative estimate of drug-likeness (QED) is 0.318. The molecule has 3 aromatic heterocycles. The Labute approximate surface area is 232 Å². The monoisotopic (exact) mass is 566 g/mol. The summed E-state index contributed by atoms with van der Waals surface area (Å²) >= 11 is 1.35. The van der Waals surface area contributed by atoms with Crippen molar-refractivity contribution in [1.82, 2.24) is 24.4 Å². The molecule has 1 amide bonds. The highest BCUT2D eigenvalue weighted by atomic mass is 32.1. The average molecular weight is 567 g/mol. The van der Waals surface area contributed by atoms with Gasteiger partial charge in [0.15, 0.2) is 11.3 Å². The van der Waals surface area contributed by atoms with E-state index in [1.165, 1.54) is 25.4 Å². The van der Waals surface area contributed by atoms with Crippen LogP contribution in [-0.4, -0.2) is 63.1 Å². The van der Waals surface area contributed by atoms with Gasteiger partial charge in [0.2, 0.25) is 0 Å². The van der Waals surface area contributed by atoms with Crippen molar-refractivity contribution in [3.8, 4) is 23.1 Å². The Hall–Kier alpha value is -4.37. The lowest BCUT2D eigenvalue weighted by Crippen LogP contribution is -2.53. The van der Waals surface area contributed by atoms with Gasteiger partial charge < -0.3 is 14.5 Å². The number of piperazine rings is 1. The molecule has 206 valence electrons. The van der Waals surface area contributed by atoms with Crippen molar-refractivity contribution in [2.45, 2.75) is 26.1 Å². The first-order valence-corrected chi connectivity index (χ1v) is 13.2. The van der Waals surface area contributed by atoms with E-state index in [2.05, 4.69) is 22.7 Å². The molecule has 0 N–H and O–H groups in total. The van der Waals surface area contributed by atoms with E-state index in [4.69, 9.17) is 10.00 Å². The van der Waals surface area contributed by atoms with Gasteiger partial charge in [-0.15, -0.1) is 11.3 Å². The highest BCUT2D eigenvalue weighted by molar-refractivity contribution is 7.13. The lowest BCUT2D eigenvalue weighted by Gasteiger charge is -2.41. The van der Waals surface area contributed by atoms with Crippen LogP contribution in [0.15, 0.2) is 49.2 Å². The first kappa shape index (κ1) is 27.2. The smallest absolute Gasteiger partial charge is 0.433 e. The fourth-order valence-corrected chi connectivity index (χ4v) is 5.76. The number of carbonyl (C=O) groups is 1. The van der Waals surface area contributed by atoms with E-state index in [0.717, 1.165) is 16.8 Å². The molecular formula is C28H25F3N6O2S. The van der Waals surface area contributed by atoms with E-state index in [-0.39, 0.29) is 28.5 Å². The third-order valence-electron chi connectivity index (χ3n) is 7.02. The van der Waals surface area contributed by atoms with Crippen molar-refractivity contribution in [2.24, 2.45) is 0 Å². The molecule has 5 rings (SSSR count). The molecule has 1 aliphatic rings. The normalized spacial score (nSPS) is 15.8. The third kappa shape index (κ3) is 4.77. The highest BCUT2D eigenvalue weighted by Crippen LogP contribution is 2.37. The Morgan fingerprint density at radius 1 is 1.20 bits per heavy atom. The molecule has 4 aromatic rings. The zero-order valence-electron chi connectivity index (χ0n) is 22.0. The Kier molecular flexibility index (Phi) is 7.01. The van der Waals surface area contributed by atoms with Crippen molar-refractivity contribution < 1.29 is 22.7 Å². The molecule has 0 aliphatic carbocycles. The highest BCUT2D eigenvalue weighted by Gasteiger charge is 2.39. The number of thiophene rings is 1. The standard InChI is InChI=1S/C28H25F3N6O2S/c1-16-15-35(18(3)23-10-9-21(13-32)40-23)11-12-36(16)27(38)22-14-33-37-25(28(29,30)31)17(2)24(34-26(22)37)19-5-7-20(39-4)8-6-19/h5-10,14,16H,3,11-12,15H2,1-2,4H3/t16-/m1/s1. The van der Waals surface area contributed by atoms with Crippen LogP contribution in [0.4, 0.5) is 13.2 Å². The molecule has 4 heterocycles. The number of aromatic nitrogens is 3. The molecular weight excluding hydrogens is 541 g/mol. The molecule has 0 radical (unpaired) electrons. The minimum atomic E-state index is -4.73. The van der Waals surface area contributed by atoms with Gasteiger partial charge in [-0.05, 0) is 50.2 Å². The van der Waals surface area contributed by atoms with Crippen LogP contribution in [0.3, 0.4) is 0 Å². The van der Waals surface area contributed by atoms with E-state index >= 15 is 0 Å². The van der Waals surface area contributed by atoms with Crippen LogP contribution in [-0.2, 0) is 6.18 Å². The van der Waals surface area contributed by atoms with E-state index in [9.17, 15) is 18.0 Å². The molecule has 1 atom stereocenters. The van der Waals surface area contributed by atoms with Gasteiger partial charge in [0.1, 0.15) is 22.3 Å². The maximum atomic E-state index is 14.3. The molecule has 1 aliphatic heterocycles. The van der Waals surface area contributed by atoms with Crippen molar-refractivity contribution in [3.63, 3.8) is 0 Å². The fourth-order valence-electron chi connectivity index (χ4n) is 4.96. The van der Waals surface area contributed by atoms with E-state index in [1.807, 2.05) is 17.9 Å². The van der Waals surface area contributed by atoms with E-state index < -0.39 is 17.8 Å². The summed E-state index contributed by atoms with van der Waals surface area (Å²) in [6.45, 7) is 8.67. The molecule has 0 bridgehead atoms. The number of benzene rings is 1. The number of ether oxygens (including phenoxy) is 1. The van der Waals surface area contributed by atoms with Crippen LogP contribution in [0.1, 0.15) is 38.3 Å². The zero-order valence-corrected chi connectivity index (χ0v) is 22.8. The van der Waals surface area contributed by atoms with Gasteiger partial charge in [-0.1, -0.05) is 6.58 Å². The Bertz CT molecular complexity index is 1650. The number of halogens is 3. The predicted molar refractivity (Wildman–Crippen MR) is 145 cm³/mol. The fraction of sp³-hybridized carbons (Fsp3) is 0.286. The number of amides is 1. The second-order valence-electron chi connectivity index (χ2n) is 9.47. The van der Waals surface area contributed by atoms with Gasteiger partial charge in [0.05, 0.1) is 23.9 Å². The summed E-state index contributed by atoms with van der Waals surface area (Å²) in [4.78, 5) is 23.4. The molecule has 12 heteroatoms. The number of nitriles is 1. The molecule has 8 nitrogen and oxygen atoms in total. The molecule has 40 heavy (non-hydrogen) atoms. The van der Waals surface area contributed by atoms with Crippen LogP contribution >= 0.6 is 11.3 Å². The van der Waals surface area contributed by atoms with Gasteiger partial charge in [-0.25, -0.2) is 9.50 Å². The number of hydrogen-bond acceptors (Lipinski definition) is 7. The summed E-state index contributed by atoms with van der Waals surface area (Å²) in [5.74, 6) is 0.111. The minimum Gasteiger partial charge on any atom is -0.497 e. The van der Waals surface area contributed by atoms with Gasteiger partial charge in [-0.2, -0.15) is 23.5 Å². The van der Waals surface area contributed by atoms with Gasteiger partial charge in [0, 0.05) is 42.5 Å². The number of methoxy groups -OCH3 is 1. The summed E-state index contributed by atoms with van der Waals surface area (Å²) in [6, 6.07) is 12.0. The molecule has 0 unspecified atom stereocenters. The summed E-state index contributed by atoms with van der Waals surface area (Å²) in [6.07, 6.45) is -3.57. The van der Waals surface area contributed by atoms with Crippen molar-refractivity contribution >= 4 is 28.6 Å². The Balaban J connectivity index is 1.48. The van der Waals surface area contributed by atoms with Gasteiger partial charge in [-0.3, -0.25) is 4.79 Å². The first-order valence-electron chi connectivity index (χ1n) is 12.4. The number of nitrogens with zero attached hydrogens (tertiary/aromatic N) is 6. The summed E-state index contributed by atoms with van der Waals surface area (Å²) in [5, 5.41) is 13.1. The second kappa shape index (κ2) is 10.3. The Morgan fingerprint density at radius 3 is 2.52 bits per heavy atom.